The zero-order valence-electron chi connectivity index (χ0n) is 15.3. The molecule has 1 aliphatic rings. The Bertz CT molecular complexity index is 952. The molecule has 5 heteroatoms. The van der Waals surface area contributed by atoms with Crippen molar-refractivity contribution in [2.24, 2.45) is 5.16 Å². The summed E-state index contributed by atoms with van der Waals surface area (Å²) in [7, 11) is 0. The molecule has 1 atom stereocenters. The van der Waals surface area contributed by atoms with Crippen LogP contribution < -0.4 is 5.32 Å². The van der Waals surface area contributed by atoms with Gasteiger partial charge in [-0.3, -0.25) is 0 Å². The topological polar surface area (TPSA) is 70.4 Å². The predicted octanol–water partition coefficient (Wildman–Crippen LogP) is 4.31. The van der Waals surface area contributed by atoms with E-state index >= 15 is 0 Å². The molecule has 2 N–H and O–H groups in total. The van der Waals surface area contributed by atoms with Gasteiger partial charge in [0.2, 0.25) is 5.95 Å². The van der Waals surface area contributed by atoms with Crippen LogP contribution in [0.3, 0.4) is 0 Å². The van der Waals surface area contributed by atoms with Crippen LogP contribution >= 0.6 is 0 Å². The van der Waals surface area contributed by atoms with Gasteiger partial charge in [0, 0.05) is 24.7 Å². The number of anilines is 1. The minimum atomic E-state index is 0.254. The highest BCUT2D eigenvalue weighted by atomic mass is 16.4. The molecule has 0 amide bonds. The fourth-order valence-electron chi connectivity index (χ4n) is 3.49. The molecule has 0 fully saturated rings. The molecule has 0 aliphatic heterocycles. The monoisotopic (exact) mass is 358 g/mol. The van der Waals surface area contributed by atoms with Crippen LogP contribution in [0.4, 0.5) is 5.95 Å². The molecule has 3 aromatic rings. The van der Waals surface area contributed by atoms with E-state index in [2.05, 4.69) is 58.8 Å². The van der Waals surface area contributed by atoms with Gasteiger partial charge in [-0.2, -0.15) is 0 Å². The first-order chi connectivity index (χ1) is 13.2. The number of hydrogen-bond donors (Lipinski definition) is 2. The third-order valence-electron chi connectivity index (χ3n) is 5.02. The number of aryl methyl sites for hydroxylation is 1. The lowest BCUT2D eigenvalue weighted by molar-refractivity contribution is 0.316. The second kappa shape index (κ2) is 7.58. The second-order valence-corrected chi connectivity index (χ2v) is 6.96. The highest BCUT2D eigenvalue weighted by molar-refractivity contribution is 6.02. The second-order valence-electron chi connectivity index (χ2n) is 6.96. The average molecular weight is 358 g/mol. The van der Waals surface area contributed by atoms with Gasteiger partial charge in [-0.1, -0.05) is 65.3 Å². The molecular weight excluding hydrogens is 336 g/mol. The maximum Gasteiger partial charge on any atom is 0.223 e. The first-order valence-corrected chi connectivity index (χ1v) is 9.14. The van der Waals surface area contributed by atoms with Gasteiger partial charge < -0.3 is 10.5 Å². The van der Waals surface area contributed by atoms with Crippen LogP contribution in [0, 0.1) is 6.92 Å². The third kappa shape index (κ3) is 3.82. The Labute approximate surface area is 158 Å². The molecule has 4 rings (SSSR count). The quantitative estimate of drug-likeness (QED) is 0.539. The van der Waals surface area contributed by atoms with Gasteiger partial charge >= 0.3 is 0 Å². The van der Waals surface area contributed by atoms with E-state index in [1.807, 2.05) is 18.2 Å². The molecule has 1 unspecified atom stereocenters. The van der Waals surface area contributed by atoms with Crippen molar-refractivity contribution < 1.29 is 5.21 Å². The van der Waals surface area contributed by atoms with Crippen LogP contribution in [0.1, 0.15) is 40.3 Å². The standard InChI is InChI=1S/C22H22N4O/c1-15-7-9-16(10-8-15)13-23-22-24-14-19-20(25-22)11-18(12-21(19)26-27)17-5-3-2-4-6-17/h2-10,14,18,27H,11-13H2,1H3,(H,23,24,25). The summed E-state index contributed by atoms with van der Waals surface area (Å²) in [6.45, 7) is 2.75. The average Bonchev–Trinajstić information content (AvgIpc) is 2.73. The number of oxime groups is 1. The highest BCUT2D eigenvalue weighted by Gasteiger charge is 2.27. The number of fused-ring (bicyclic) bond motifs is 1. The molecule has 0 saturated heterocycles. The summed E-state index contributed by atoms with van der Waals surface area (Å²) in [4.78, 5) is 9.11. The normalized spacial score (nSPS) is 17.5. The minimum Gasteiger partial charge on any atom is -0.411 e. The van der Waals surface area contributed by atoms with Crippen molar-refractivity contribution in [2.45, 2.75) is 32.2 Å². The number of aromatic nitrogens is 2. The number of hydrogen-bond acceptors (Lipinski definition) is 5. The lowest BCUT2D eigenvalue weighted by Gasteiger charge is -2.25. The summed E-state index contributed by atoms with van der Waals surface area (Å²) in [6.07, 6.45) is 3.25. The summed E-state index contributed by atoms with van der Waals surface area (Å²) in [5.74, 6) is 0.852. The van der Waals surface area contributed by atoms with Crippen LogP contribution in [0.15, 0.2) is 65.9 Å². The summed E-state index contributed by atoms with van der Waals surface area (Å²) in [5, 5.41) is 16.3. The summed E-state index contributed by atoms with van der Waals surface area (Å²) < 4.78 is 0. The van der Waals surface area contributed by atoms with Crippen molar-refractivity contribution in [3.8, 4) is 0 Å². The molecule has 1 aromatic heterocycles. The fourth-order valence-corrected chi connectivity index (χ4v) is 3.49. The Morgan fingerprint density at radius 1 is 1.07 bits per heavy atom. The van der Waals surface area contributed by atoms with E-state index in [4.69, 9.17) is 4.98 Å². The lowest BCUT2D eigenvalue weighted by Crippen LogP contribution is -2.22. The Morgan fingerprint density at radius 2 is 1.85 bits per heavy atom. The largest absolute Gasteiger partial charge is 0.411 e. The van der Waals surface area contributed by atoms with Crippen molar-refractivity contribution >= 4 is 11.7 Å². The van der Waals surface area contributed by atoms with E-state index in [9.17, 15) is 5.21 Å². The number of benzene rings is 2. The van der Waals surface area contributed by atoms with Gasteiger partial charge in [0.15, 0.2) is 0 Å². The minimum absolute atomic E-state index is 0.254. The number of nitrogens with one attached hydrogen (secondary N) is 1. The van der Waals surface area contributed by atoms with Crippen LogP contribution in [0.25, 0.3) is 0 Å². The van der Waals surface area contributed by atoms with Crippen molar-refractivity contribution in [3.63, 3.8) is 0 Å². The van der Waals surface area contributed by atoms with Gasteiger partial charge in [0.25, 0.3) is 0 Å². The van der Waals surface area contributed by atoms with E-state index in [0.717, 1.165) is 17.7 Å². The number of rotatable bonds is 4. The van der Waals surface area contributed by atoms with Crippen molar-refractivity contribution in [3.05, 3.63) is 88.7 Å². The first kappa shape index (κ1) is 17.2. The molecule has 5 nitrogen and oxygen atoms in total. The van der Waals surface area contributed by atoms with E-state index < -0.39 is 0 Å². The molecule has 1 heterocycles. The molecule has 2 aromatic carbocycles. The Kier molecular flexibility index (Phi) is 4.83. The van der Waals surface area contributed by atoms with Gasteiger partial charge in [-0.05, 0) is 30.4 Å². The molecule has 27 heavy (non-hydrogen) atoms. The molecule has 0 bridgehead atoms. The maximum absolute atomic E-state index is 9.46. The van der Waals surface area contributed by atoms with Crippen molar-refractivity contribution in [1.29, 1.82) is 0 Å². The molecular formula is C22H22N4O. The van der Waals surface area contributed by atoms with E-state index in [1.165, 1.54) is 16.7 Å². The SMILES string of the molecule is Cc1ccc(CNc2ncc3c(n2)CC(c2ccccc2)CC3=NO)cc1. The van der Waals surface area contributed by atoms with Gasteiger partial charge in [0.05, 0.1) is 11.4 Å². The maximum atomic E-state index is 9.46. The zero-order chi connectivity index (χ0) is 18.6. The molecule has 0 spiro atoms. The highest BCUT2D eigenvalue weighted by Crippen LogP contribution is 2.32. The molecule has 0 radical (unpaired) electrons. The van der Waals surface area contributed by atoms with Gasteiger partial charge in [0.1, 0.15) is 0 Å². The summed E-state index contributed by atoms with van der Waals surface area (Å²) in [5.41, 5.74) is 6.07. The summed E-state index contributed by atoms with van der Waals surface area (Å²) >= 11 is 0. The summed E-state index contributed by atoms with van der Waals surface area (Å²) in [6, 6.07) is 18.7. The molecule has 136 valence electrons. The van der Waals surface area contributed by atoms with E-state index in [-0.39, 0.29) is 5.92 Å². The fraction of sp³-hybridized carbons (Fsp3) is 0.227. The van der Waals surface area contributed by atoms with Gasteiger partial charge in [-0.15, -0.1) is 0 Å². The van der Waals surface area contributed by atoms with E-state index in [1.54, 1.807) is 6.20 Å². The van der Waals surface area contributed by atoms with Crippen molar-refractivity contribution in [1.82, 2.24) is 9.97 Å². The predicted molar refractivity (Wildman–Crippen MR) is 106 cm³/mol. The smallest absolute Gasteiger partial charge is 0.223 e. The Morgan fingerprint density at radius 3 is 2.59 bits per heavy atom. The van der Waals surface area contributed by atoms with Crippen molar-refractivity contribution in [2.75, 3.05) is 5.32 Å². The lowest BCUT2D eigenvalue weighted by atomic mass is 9.82. The molecule has 1 aliphatic carbocycles. The van der Waals surface area contributed by atoms with Crippen LogP contribution in [0.5, 0.6) is 0 Å². The Hall–Kier alpha value is -3.21. The number of nitrogens with zero attached hydrogens (tertiary/aromatic N) is 3. The molecule has 0 saturated carbocycles. The van der Waals surface area contributed by atoms with E-state index in [0.29, 0.717) is 24.6 Å². The van der Waals surface area contributed by atoms with Crippen LogP contribution in [-0.4, -0.2) is 20.9 Å². The van der Waals surface area contributed by atoms with Crippen LogP contribution in [0.2, 0.25) is 0 Å². The van der Waals surface area contributed by atoms with Crippen LogP contribution in [-0.2, 0) is 13.0 Å². The first-order valence-electron chi connectivity index (χ1n) is 9.14. The third-order valence-corrected chi connectivity index (χ3v) is 5.02. The van der Waals surface area contributed by atoms with Gasteiger partial charge in [-0.25, -0.2) is 9.97 Å². The Balaban J connectivity index is 1.55. The zero-order valence-corrected chi connectivity index (χ0v) is 15.3.